The second-order valence-corrected chi connectivity index (χ2v) is 5.76. The summed E-state index contributed by atoms with van der Waals surface area (Å²) in [5.41, 5.74) is 0.754. The minimum Gasteiger partial charge on any atom is -0.504 e. The number of ether oxygens (including phenoxy) is 1. The number of phenolic OH excluding ortho intramolecular Hbond substituents is 1. The van der Waals surface area contributed by atoms with Gasteiger partial charge in [-0.2, -0.15) is 0 Å². The molecule has 0 spiro atoms. The van der Waals surface area contributed by atoms with Gasteiger partial charge in [-0.1, -0.05) is 19.8 Å². The molecule has 0 unspecified atom stereocenters. The van der Waals surface area contributed by atoms with Crippen molar-refractivity contribution < 1.29 is 9.84 Å². The van der Waals surface area contributed by atoms with E-state index in [0.717, 1.165) is 12.1 Å². The van der Waals surface area contributed by atoms with Gasteiger partial charge in [0, 0.05) is 17.8 Å². The average molecular weight is 294 g/mol. The van der Waals surface area contributed by atoms with Crippen LogP contribution in [0.15, 0.2) is 18.2 Å². The second-order valence-electron chi connectivity index (χ2n) is 5.35. The van der Waals surface area contributed by atoms with Crippen LogP contribution in [0.4, 0.5) is 5.69 Å². The Hall–Kier alpha value is -1.49. The maximum absolute atomic E-state index is 9.74. The second kappa shape index (κ2) is 6.79. The van der Waals surface area contributed by atoms with Gasteiger partial charge in [-0.05, 0) is 43.1 Å². The van der Waals surface area contributed by atoms with E-state index in [1.54, 1.807) is 12.1 Å². The van der Waals surface area contributed by atoms with Crippen molar-refractivity contribution in [3.8, 4) is 11.5 Å². The Morgan fingerprint density at radius 3 is 2.75 bits per heavy atom. The smallest absolute Gasteiger partial charge is 0.171 e. The maximum atomic E-state index is 9.74. The van der Waals surface area contributed by atoms with Crippen LogP contribution in [0.1, 0.15) is 32.6 Å². The molecule has 1 aliphatic rings. The topological polar surface area (TPSA) is 53.5 Å². The third-order valence-corrected chi connectivity index (χ3v) is 4.08. The number of methoxy groups -OCH3 is 1. The van der Waals surface area contributed by atoms with Crippen molar-refractivity contribution in [3.05, 3.63) is 18.2 Å². The number of thiocarbonyl (C=S) groups is 1. The lowest BCUT2D eigenvalue weighted by Gasteiger charge is -2.30. The number of aromatic hydroxyl groups is 1. The summed E-state index contributed by atoms with van der Waals surface area (Å²) in [7, 11) is 1.53. The van der Waals surface area contributed by atoms with Crippen molar-refractivity contribution in [2.45, 2.75) is 38.6 Å². The van der Waals surface area contributed by atoms with Crippen molar-refractivity contribution in [2.24, 2.45) is 5.92 Å². The van der Waals surface area contributed by atoms with Gasteiger partial charge in [-0.25, -0.2) is 0 Å². The van der Waals surface area contributed by atoms with Crippen LogP contribution >= 0.6 is 12.2 Å². The van der Waals surface area contributed by atoms with E-state index in [-0.39, 0.29) is 5.75 Å². The van der Waals surface area contributed by atoms with Crippen LogP contribution in [0, 0.1) is 5.92 Å². The zero-order chi connectivity index (χ0) is 14.5. The van der Waals surface area contributed by atoms with Gasteiger partial charge in [0.25, 0.3) is 0 Å². The molecule has 0 amide bonds. The number of anilines is 1. The first-order valence-corrected chi connectivity index (χ1v) is 7.45. The molecule has 110 valence electrons. The van der Waals surface area contributed by atoms with Crippen LogP contribution in [0.2, 0.25) is 0 Å². The van der Waals surface area contributed by atoms with Gasteiger partial charge in [-0.15, -0.1) is 0 Å². The summed E-state index contributed by atoms with van der Waals surface area (Å²) in [4.78, 5) is 0. The SMILES string of the molecule is COc1ccc(NC(=S)N[C@H]2CCCC[C@H]2C)cc1O. The molecule has 0 bridgehead atoms. The third-order valence-electron chi connectivity index (χ3n) is 3.86. The van der Waals surface area contributed by atoms with Gasteiger partial charge in [0.05, 0.1) is 7.11 Å². The van der Waals surface area contributed by atoms with Gasteiger partial charge < -0.3 is 20.5 Å². The normalized spacial score (nSPS) is 22.1. The lowest BCUT2D eigenvalue weighted by molar-refractivity contribution is 0.309. The molecular weight excluding hydrogens is 272 g/mol. The number of hydrogen-bond acceptors (Lipinski definition) is 3. The Morgan fingerprint density at radius 2 is 2.10 bits per heavy atom. The number of phenols is 1. The molecule has 1 fully saturated rings. The molecule has 1 saturated carbocycles. The van der Waals surface area contributed by atoms with Crippen LogP contribution in [-0.4, -0.2) is 23.4 Å². The fourth-order valence-electron chi connectivity index (χ4n) is 2.63. The molecule has 0 saturated heterocycles. The highest BCUT2D eigenvalue weighted by Crippen LogP contribution is 2.28. The molecule has 1 aromatic rings. The monoisotopic (exact) mass is 294 g/mol. The molecule has 0 heterocycles. The van der Waals surface area contributed by atoms with E-state index in [0.29, 0.717) is 22.8 Å². The Bertz CT molecular complexity index is 479. The molecule has 4 nitrogen and oxygen atoms in total. The molecule has 3 N–H and O–H groups in total. The minimum atomic E-state index is 0.103. The van der Waals surface area contributed by atoms with Crippen LogP contribution in [0.5, 0.6) is 11.5 Å². The maximum Gasteiger partial charge on any atom is 0.171 e. The predicted octanol–water partition coefficient (Wildman–Crippen LogP) is 3.27. The van der Waals surface area contributed by atoms with Crippen molar-refractivity contribution in [2.75, 3.05) is 12.4 Å². The van der Waals surface area contributed by atoms with Crippen LogP contribution in [-0.2, 0) is 0 Å². The van der Waals surface area contributed by atoms with Crippen molar-refractivity contribution in [1.82, 2.24) is 5.32 Å². The summed E-state index contributed by atoms with van der Waals surface area (Å²) in [5, 5.41) is 16.8. The average Bonchev–Trinajstić information content (AvgIpc) is 2.41. The quantitative estimate of drug-likeness (QED) is 0.747. The summed E-state index contributed by atoms with van der Waals surface area (Å²) in [5.74, 6) is 1.20. The van der Waals surface area contributed by atoms with Crippen LogP contribution in [0.3, 0.4) is 0 Å². The molecule has 20 heavy (non-hydrogen) atoms. The first kappa shape index (κ1) is 14.9. The van der Waals surface area contributed by atoms with Gasteiger partial charge in [0.15, 0.2) is 16.6 Å². The number of rotatable bonds is 3. The van der Waals surface area contributed by atoms with Gasteiger partial charge in [-0.3, -0.25) is 0 Å². The number of benzene rings is 1. The Balaban J connectivity index is 1.92. The molecule has 0 radical (unpaired) electrons. The zero-order valence-electron chi connectivity index (χ0n) is 12.0. The molecule has 5 heteroatoms. The number of nitrogens with one attached hydrogen (secondary N) is 2. The summed E-state index contributed by atoms with van der Waals surface area (Å²) in [6, 6.07) is 5.59. The van der Waals surface area contributed by atoms with E-state index in [9.17, 15) is 5.11 Å². The van der Waals surface area contributed by atoms with Crippen molar-refractivity contribution >= 4 is 23.0 Å². The van der Waals surface area contributed by atoms with Gasteiger partial charge in [0.2, 0.25) is 0 Å². The first-order valence-electron chi connectivity index (χ1n) is 7.04. The Morgan fingerprint density at radius 1 is 1.35 bits per heavy atom. The highest BCUT2D eigenvalue weighted by atomic mass is 32.1. The van der Waals surface area contributed by atoms with Gasteiger partial charge >= 0.3 is 0 Å². The zero-order valence-corrected chi connectivity index (χ0v) is 12.8. The van der Waals surface area contributed by atoms with E-state index >= 15 is 0 Å². The molecule has 2 rings (SSSR count). The molecule has 0 aromatic heterocycles. The van der Waals surface area contributed by atoms with E-state index in [1.165, 1.54) is 26.4 Å². The van der Waals surface area contributed by atoms with Gasteiger partial charge in [0.1, 0.15) is 0 Å². The van der Waals surface area contributed by atoms with E-state index < -0.39 is 0 Å². The molecule has 1 aromatic carbocycles. The van der Waals surface area contributed by atoms with Crippen LogP contribution < -0.4 is 15.4 Å². The van der Waals surface area contributed by atoms with E-state index in [1.807, 2.05) is 6.07 Å². The summed E-state index contributed by atoms with van der Waals surface area (Å²) >= 11 is 5.34. The third kappa shape index (κ3) is 3.76. The first-order chi connectivity index (χ1) is 9.60. The highest BCUT2D eigenvalue weighted by Gasteiger charge is 2.21. The van der Waals surface area contributed by atoms with E-state index in [2.05, 4.69) is 17.6 Å². The fourth-order valence-corrected chi connectivity index (χ4v) is 2.90. The van der Waals surface area contributed by atoms with Crippen LogP contribution in [0.25, 0.3) is 0 Å². The molecule has 0 aliphatic heterocycles. The molecule has 2 atom stereocenters. The lowest BCUT2D eigenvalue weighted by Crippen LogP contribution is -2.43. The van der Waals surface area contributed by atoms with Crippen molar-refractivity contribution in [1.29, 1.82) is 0 Å². The molecular formula is C15H22N2O2S. The molecule has 1 aliphatic carbocycles. The Kier molecular flexibility index (Phi) is 5.06. The highest BCUT2D eigenvalue weighted by molar-refractivity contribution is 7.80. The summed E-state index contributed by atoms with van der Waals surface area (Å²) in [6.45, 7) is 2.26. The Labute approximate surface area is 125 Å². The summed E-state index contributed by atoms with van der Waals surface area (Å²) < 4.78 is 5.01. The standard InChI is InChI=1S/C15H22N2O2S/c1-10-5-3-4-6-12(10)17-15(20)16-11-7-8-14(19-2)13(18)9-11/h7-10,12,18H,3-6H2,1-2H3,(H2,16,17,20)/t10-,12+/m1/s1. The lowest BCUT2D eigenvalue weighted by atomic mass is 9.86. The van der Waals surface area contributed by atoms with Crippen molar-refractivity contribution in [3.63, 3.8) is 0 Å². The largest absolute Gasteiger partial charge is 0.504 e. The number of hydrogen-bond donors (Lipinski definition) is 3. The minimum absolute atomic E-state index is 0.103. The van der Waals surface area contributed by atoms with E-state index in [4.69, 9.17) is 17.0 Å². The fraction of sp³-hybridized carbons (Fsp3) is 0.533. The predicted molar refractivity (Wildman–Crippen MR) is 85.4 cm³/mol. The summed E-state index contributed by atoms with van der Waals surface area (Å²) in [6.07, 6.45) is 4.99.